The van der Waals surface area contributed by atoms with Crippen LogP contribution in [0.25, 0.3) is 0 Å². The van der Waals surface area contributed by atoms with Crippen molar-refractivity contribution in [3.63, 3.8) is 0 Å². The Labute approximate surface area is 99.6 Å². The van der Waals surface area contributed by atoms with Crippen molar-refractivity contribution in [3.05, 3.63) is 17.8 Å². The first-order chi connectivity index (χ1) is 7.84. The largest absolute Gasteiger partial charge is 0.468 e. The van der Waals surface area contributed by atoms with Gasteiger partial charge in [0, 0.05) is 0 Å². The molecule has 1 unspecified atom stereocenters. The topological polar surface area (TPSA) is 52.1 Å². The lowest BCUT2D eigenvalue weighted by molar-refractivity contribution is -0.142. The molecule has 0 spiro atoms. The molecule has 0 amide bonds. The van der Waals surface area contributed by atoms with E-state index in [2.05, 4.69) is 14.9 Å². The second kappa shape index (κ2) is 5.35. The molecular formula is C9H9F3N2O2S. The monoisotopic (exact) mass is 266 g/mol. The molecule has 0 fully saturated rings. The van der Waals surface area contributed by atoms with E-state index in [1.54, 1.807) is 6.92 Å². The quantitative estimate of drug-likeness (QED) is 0.619. The predicted molar refractivity (Wildman–Crippen MR) is 54.4 cm³/mol. The maximum absolute atomic E-state index is 12.2. The Morgan fingerprint density at radius 3 is 2.47 bits per heavy atom. The number of alkyl halides is 3. The molecule has 1 heterocycles. The zero-order valence-corrected chi connectivity index (χ0v) is 9.80. The number of thioether (sulfide) groups is 1. The number of hydrogen-bond donors (Lipinski definition) is 0. The van der Waals surface area contributed by atoms with Crippen LogP contribution in [0.4, 0.5) is 13.2 Å². The highest BCUT2D eigenvalue weighted by Gasteiger charge is 2.33. The molecule has 0 radical (unpaired) electrons. The number of esters is 1. The molecule has 0 aliphatic rings. The summed E-state index contributed by atoms with van der Waals surface area (Å²) in [5, 5.41) is 6.11. The summed E-state index contributed by atoms with van der Waals surface area (Å²) in [4.78, 5) is 11.1. The van der Waals surface area contributed by atoms with E-state index in [9.17, 15) is 18.0 Å². The molecule has 1 aromatic heterocycles. The van der Waals surface area contributed by atoms with Crippen molar-refractivity contribution in [1.82, 2.24) is 10.2 Å². The normalized spacial score (nSPS) is 13.2. The van der Waals surface area contributed by atoms with E-state index in [0.29, 0.717) is 0 Å². The minimum absolute atomic E-state index is 0.232. The first kappa shape index (κ1) is 13.8. The fraction of sp³-hybridized carbons (Fsp3) is 0.444. The van der Waals surface area contributed by atoms with Gasteiger partial charge in [-0.2, -0.15) is 13.2 Å². The maximum Gasteiger partial charge on any atom is 0.435 e. The van der Waals surface area contributed by atoms with Gasteiger partial charge < -0.3 is 4.74 Å². The van der Waals surface area contributed by atoms with Gasteiger partial charge in [0.25, 0.3) is 0 Å². The number of aromatic nitrogens is 2. The van der Waals surface area contributed by atoms with Gasteiger partial charge in [-0.25, -0.2) is 0 Å². The fourth-order valence-electron chi connectivity index (χ4n) is 0.929. The summed E-state index contributed by atoms with van der Waals surface area (Å²) in [6, 6.07) is 1.99. The molecule has 8 heteroatoms. The van der Waals surface area contributed by atoms with E-state index in [1.165, 1.54) is 13.2 Å². The van der Waals surface area contributed by atoms with Crippen molar-refractivity contribution in [2.75, 3.05) is 7.11 Å². The van der Waals surface area contributed by atoms with Gasteiger partial charge in [-0.1, -0.05) is 11.8 Å². The molecule has 0 aromatic carbocycles. The molecule has 17 heavy (non-hydrogen) atoms. The van der Waals surface area contributed by atoms with Gasteiger partial charge in [0.15, 0.2) is 5.69 Å². The second-order valence-corrected chi connectivity index (χ2v) is 4.40. The standard InChI is InChI=1S/C9H9F3N2O2S/c1-5(8(15)16-2)17-7-4-3-6(13-14-7)9(10,11)12/h3-5H,1-2H3. The third-order valence-corrected chi connectivity index (χ3v) is 2.77. The highest BCUT2D eigenvalue weighted by Crippen LogP contribution is 2.28. The minimum Gasteiger partial charge on any atom is -0.468 e. The van der Waals surface area contributed by atoms with Crippen LogP contribution >= 0.6 is 11.8 Å². The lowest BCUT2D eigenvalue weighted by Crippen LogP contribution is -2.15. The highest BCUT2D eigenvalue weighted by atomic mass is 32.2. The van der Waals surface area contributed by atoms with Crippen molar-refractivity contribution in [2.45, 2.75) is 23.4 Å². The van der Waals surface area contributed by atoms with Gasteiger partial charge in [0.05, 0.1) is 7.11 Å². The van der Waals surface area contributed by atoms with Crippen LogP contribution in [0, 0.1) is 0 Å². The predicted octanol–water partition coefficient (Wildman–Crippen LogP) is 2.15. The molecule has 94 valence electrons. The van der Waals surface area contributed by atoms with Gasteiger partial charge >= 0.3 is 12.1 Å². The lowest BCUT2D eigenvalue weighted by atomic mass is 10.4. The first-order valence-electron chi connectivity index (χ1n) is 4.50. The number of methoxy groups -OCH3 is 1. The van der Waals surface area contributed by atoms with Crippen molar-refractivity contribution < 1.29 is 22.7 Å². The van der Waals surface area contributed by atoms with Crippen LogP contribution in [0.2, 0.25) is 0 Å². The Hall–Kier alpha value is -1.31. The zero-order chi connectivity index (χ0) is 13.1. The van der Waals surface area contributed by atoms with Gasteiger partial charge in [0.2, 0.25) is 0 Å². The van der Waals surface area contributed by atoms with E-state index in [1.807, 2.05) is 0 Å². The van der Waals surface area contributed by atoms with E-state index in [-0.39, 0.29) is 5.03 Å². The molecule has 1 aromatic rings. The van der Waals surface area contributed by atoms with Crippen LogP contribution in [0.15, 0.2) is 17.2 Å². The molecule has 4 nitrogen and oxygen atoms in total. The summed E-state index contributed by atoms with van der Waals surface area (Å²) in [5.74, 6) is -0.475. The summed E-state index contributed by atoms with van der Waals surface area (Å²) in [5.41, 5.74) is -1.06. The van der Waals surface area contributed by atoms with E-state index >= 15 is 0 Å². The van der Waals surface area contributed by atoms with Crippen molar-refractivity contribution in [3.8, 4) is 0 Å². The number of nitrogens with zero attached hydrogens (tertiary/aromatic N) is 2. The molecule has 1 rings (SSSR count). The molecule has 0 saturated heterocycles. The summed E-state index contributed by atoms with van der Waals surface area (Å²) in [6.07, 6.45) is -4.51. The average molecular weight is 266 g/mol. The molecule has 0 saturated carbocycles. The summed E-state index contributed by atoms with van der Waals surface area (Å²) < 4.78 is 41.0. The van der Waals surface area contributed by atoms with Gasteiger partial charge in [-0.3, -0.25) is 4.79 Å². The van der Waals surface area contributed by atoms with Crippen LogP contribution in [0.3, 0.4) is 0 Å². The average Bonchev–Trinajstić information content (AvgIpc) is 2.27. The smallest absolute Gasteiger partial charge is 0.435 e. The molecule has 1 atom stereocenters. The molecule has 0 aliphatic carbocycles. The molecule has 0 bridgehead atoms. The van der Waals surface area contributed by atoms with E-state index in [0.717, 1.165) is 17.8 Å². The first-order valence-corrected chi connectivity index (χ1v) is 5.38. The Kier molecular flexibility index (Phi) is 4.33. The molecule has 0 N–H and O–H groups in total. The van der Waals surface area contributed by atoms with E-state index in [4.69, 9.17) is 0 Å². The van der Waals surface area contributed by atoms with Gasteiger partial charge in [-0.15, -0.1) is 10.2 Å². The summed E-state index contributed by atoms with van der Waals surface area (Å²) in [6.45, 7) is 1.57. The SMILES string of the molecule is COC(=O)C(C)Sc1ccc(C(F)(F)F)nn1. The summed E-state index contributed by atoms with van der Waals surface area (Å²) >= 11 is 0.980. The number of hydrogen-bond acceptors (Lipinski definition) is 5. The van der Waals surface area contributed by atoms with Gasteiger partial charge in [-0.05, 0) is 19.1 Å². The Bertz CT molecular complexity index is 394. The minimum atomic E-state index is -4.51. The van der Waals surface area contributed by atoms with Crippen LogP contribution in [0.5, 0.6) is 0 Å². The zero-order valence-electron chi connectivity index (χ0n) is 8.99. The number of carbonyl (C=O) groups excluding carboxylic acids is 1. The van der Waals surface area contributed by atoms with Crippen molar-refractivity contribution >= 4 is 17.7 Å². The third-order valence-electron chi connectivity index (χ3n) is 1.76. The summed E-state index contributed by atoms with van der Waals surface area (Å²) in [7, 11) is 1.23. The number of ether oxygens (including phenoxy) is 1. The Balaban J connectivity index is 2.72. The van der Waals surface area contributed by atoms with Gasteiger partial charge in [0.1, 0.15) is 10.3 Å². The molecular weight excluding hydrogens is 257 g/mol. The lowest BCUT2D eigenvalue weighted by Gasteiger charge is -2.08. The van der Waals surface area contributed by atoms with Crippen LogP contribution in [0.1, 0.15) is 12.6 Å². The van der Waals surface area contributed by atoms with Crippen molar-refractivity contribution in [1.29, 1.82) is 0 Å². The Morgan fingerprint density at radius 1 is 1.41 bits per heavy atom. The van der Waals surface area contributed by atoms with E-state index < -0.39 is 23.1 Å². The molecule has 0 aliphatic heterocycles. The van der Waals surface area contributed by atoms with Crippen LogP contribution in [-0.4, -0.2) is 28.5 Å². The maximum atomic E-state index is 12.2. The number of carbonyl (C=O) groups is 1. The highest BCUT2D eigenvalue weighted by molar-refractivity contribution is 8.00. The third kappa shape index (κ3) is 3.88. The van der Waals surface area contributed by atoms with Crippen LogP contribution < -0.4 is 0 Å². The second-order valence-electron chi connectivity index (χ2n) is 3.04. The van der Waals surface area contributed by atoms with Crippen LogP contribution in [-0.2, 0) is 15.7 Å². The van der Waals surface area contributed by atoms with Crippen molar-refractivity contribution in [2.24, 2.45) is 0 Å². The fourth-order valence-corrected chi connectivity index (χ4v) is 1.72. The Morgan fingerprint density at radius 2 is 2.06 bits per heavy atom. The number of halogens is 3. The number of rotatable bonds is 3.